The van der Waals surface area contributed by atoms with Crippen LogP contribution in [-0.4, -0.2) is 59.4 Å². The van der Waals surface area contributed by atoms with E-state index in [1.54, 1.807) is 6.07 Å². The van der Waals surface area contributed by atoms with Crippen LogP contribution in [0.25, 0.3) is 0 Å². The first-order valence-electron chi connectivity index (χ1n) is 8.59. The number of aryl methyl sites for hydroxylation is 1. The summed E-state index contributed by atoms with van der Waals surface area (Å²) in [5.74, 6) is -1.22. The molecule has 2 N–H and O–H groups in total. The van der Waals surface area contributed by atoms with E-state index in [2.05, 4.69) is 9.80 Å². The number of anilines is 1. The highest BCUT2D eigenvalue weighted by Crippen LogP contribution is 2.29. The molecule has 1 aromatic rings. The van der Waals surface area contributed by atoms with Gasteiger partial charge in [0.25, 0.3) is 0 Å². The summed E-state index contributed by atoms with van der Waals surface area (Å²) in [6.07, 6.45) is 1.44. The van der Waals surface area contributed by atoms with Crippen molar-refractivity contribution in [3.8, 4) is 0 Å². The van der Waals surface area contributed by atoms with Crippen LogP contribution in [0.3, 0.4) is 0 Å². The molecule has 3 rings (SSSR count). The number of carboxylic acids is 1. The Kier molecular flexibility index (Phi) is 5.06. The van der Waals surface area contributed by atoms with E-state index in [0.29, 0.717) is 19.1 Å². The number of hydrogen-bond acceptors (Lipinski definition) is 4. The number of β-amino-alcohol motifs (C(OH)–C–C–N with tert-alkyl or cyclic N) is 1. The molecule has 6 heteroatoms. The largest absolute Gasteiger partial charge is 0.481 e. The Labute approximate surface area is 141 Å². The fraction of sp³-hybridized carbons (Fsp3) is 0.611. The number of nitrogens with zero attached hydrogens (tertiary/aromatic N) is 2. The molecule has 5 nitrogen and oxygen atoms in total. The summed E-state index contributed by atoms with van der Waals surface area (Å²) in [5, 5.41) is 19.0. The van der Waals surface area contributed by atoms with Crippen LogP contribution in [0.4, 0.5) is 10.1 Å². The molecule has 2 aliphatic heterocycles. The number of aliphatic hydroxyl groups excluding tert-OH is 1. The molecule has 24 heavy (non-hydrogen) atoms. The molecule has 0 aromatic heterocycles. The van der Waals surface area contributed by atoms with Gasteiger partial charge in [0.05, 0.1) is 12.5 Å². The first-order chi connectivity index (χ1) is 11.4. The second-order valence-electron chi connectivity index (χ2n) is 7.03. The molecule has 1 aromatic carbocycles. The van der Waals surface area contributed by atoms with Crippen LogP contribution in [-0.2, 0) is 4.79 Å². The lowest BCUT2D eigenvalue weighted by atomic mass is 10.0. The van der Waals surface area contributed by atoms with Crippen molar-refractivity contribution in [2.24, 2.45) is 5.92 Å². The highest BCUT2D eigenvalue weighted by Gasteiger charge is 2.37. The van der Waals surface area contributed by atoms with E-state index >= 15 is 0 Å². The van der Waals surface area contributed by atoms with Gasteiger partial charge in [0.15, 0.2) is 0 Å². The van der Waals surface area contributed by atoms with Gasteiger partial charge in [-0.3, -0.25) is 9.69 Å². The fourth-order valence-electron chi connectivity index (χ4n) is 4.06. The maximum absolute atomic E-state index is 13.3. The van der Waals surface area contributed by atoms with Gasteiger partial charge in [-0.25, -0.2) is 4.39 Å². The smallest absolute Gasteiger partial charge is 0.303 e. The van der Waals surface area contributed by atoms with Crippen LogP contribution in [0.15, 0.2) is 18.2 Å². The number of halogens is 1. The number of carboxylic acid groups (broad SMARTS) is 1. The molecule has 2 heterocycles. The van der Waals surface area contributed by atoms with Crippen LogP contribution >= 0.6 is 0 Å². The van der Waals surface area contributed by atoms with E-state index in [1.807, 2.05) is 13.0 Å². The molecule has 2 saturated heterocycles. The number of piperidine rings is 1. The average Bonchev–Trinajstić information content (AvgIpc) is 2.88. The standard InChI is InChI=1S/C18H25FN2O3/c1-12-8-14(19)2-3-16(12)20-6-4-15(5-7-20)21-10-13(9-18(23)24)17(22)11-21/h2-3,8,13,15,17,22H,4-7,9-11H2,1H3,(H,23,24)/t13-,17-/m1/s1. The van der Waals surface area contributed by atoms with Gasteiger partial charge in [0.2, 0.25) is 0 Å². The SMILES string of the molecule is Cc1cc(F)ccc1N1CCC(N2C[C@@H](CC(=O)O)[C@H](O)C2)CC1. The second kappa shape index (κ2) is 7.07. The number of aliphatic carboxylic acids is 1. The average molecular weight is 336 g/mol. The summed E-state index contributed by atoms with van der Waals surface area (Å²) in [4.78, 5) is 15.4. The lowest BCUT2D eigenvalue weighted by Gasteiger charge is -2.38. The first kappa shape index (κ1) is 17.2. The van der Waals surface area contributed by atoms with Crippen LogP contribution in [0, 0.1) is 18.7 Å². The Hall–Kier alpha value is -1.66. The van der Waals surface area contributed by atoms with Gasteiger partial charge in [0.1, 0.15) is 5.82 Å². The summed E-state index contributed by atoms with van der Waals surface area (Å²) >= 11 is 0. The van der Waals surface area contributed by atoms with Gasteiger partial charge in [-0.15, -0.1) is 0 Å². The Balaban J connectivity index is 1.56. The Morgan fingerprint density at radius 1 is 1.29 bits per heavy atom. The normalized spacial score (nSPS) is 26.0. The minimum Gasteiger partial charge on any atom is -0.481 e. The van der Waals surface area contributed by atoms with E-state index < -0.39 is 12.1 Å². The number of benzene rings is 1. The molecule has 0 unspecified atom stereocenters. The third kappa shape index (κ3) is 3.70. The van der Waals surface area contributed by atoms with Crippen molar-refractivity contribution in [1.29, 1.82) is 0 Å². The molecule has 2 atom stereocenters. The van der Waals surface area contributed by atoms with E-state index in [-0.39, 0.29) is 18.2 Å². The van der Waals surface area contributed by atoms with Crippen molar-refractivity contribution >= 4 is 11.7 Å². The maximum atomic E-state index is 13.3. The molecular weight excluding hydrogens is 311 g/mol. The number of rotatable bonds is 4. The van der Waals surface area contributed by atoms with Gasteiger partial charge in [-0.1, -0.05) is 0 Å². The molecule has 0 aliphatic carbocycles. The van der Waals surface area contributed by atoms with E-state index in [1.165, 1.54) is 6.07 Å². The molecule has 0 bridgehead atoms. The van der Waals surface area contributed by atoms with E-state index in [9.17, 15) is 14.3 Å². The molecule has 0 amide bonds. The van der Waals surface area contributed by atoms with E-state index in [4.69, 9.17) is 5.11 Å². The zero-order chi connectivity index (χ0) is 17.3. The zero-order valence-electron chi connectivity index (χ0n) is 14.0. The summed E-state index contributed by atoms with van der Waals surface area (Å²) in [7, 11) is 0. The van der Waals surface area contributed by atoms with Crippen molar-refractivity contribution in [1.82, 2.24) is 4.90 Å². The van der Waals surface area contributed by atoms with Gasteiger partial charge in [-0.05, 0) is 43.5 Å². The predicted octanol–water partition coefficient (Wildman–Crippen LogP) is 1.87. The number of hydrogen-bond donors (Lipinski definition) is 2. The minimum absolute atomic E-state index is 0.0330. The first-order valence-corrected chi connectivity index (χ1v) is 8.59. The van der Waals surface area contributed by atoms with Crippen molar-refractivity contribution in [2.45, 2.75) is 38.3 Å². The molecule has 0 spiro atoms. The maximum Gasteiger partial charge on any atom is 0.303 e. The molecule has 0 saturated carbocycles. The van der Waals surface area contributed by atoms with E-state index in [0.717, 1.165) is 37.2 Å². The van der Waals surface area contributed by atoms with Crippen molar-refractivity contribution in [3.05, 3.63) is 29.6 Å². The lowest BCUT2D eigenvalue weighted by Crippen LogP contribution is -2.44. The third-order valence-corrected chi connectivity index (χ3v) is 5.35. The van der Waals surface area contributed by atoms with Crippen LogP contribution in [0.5, 0.6) is 0 Å². The van der Waals surface area contributed by atoms with Crippen molar-refractivity contribution in [3.63, 3.8) is 0 Å². The Morgan fingerprint density at radius 3 is 2.62 bits per heavy atom. The third-order valence-electron chi connectivity index (χ3n) is 5.35. The highest BCUT2D eigenvalue weighted by atomic mass is 19.1. The summed E-state index contributed by atoms with van der Waals surface area (Å²) in [6, 6.07) is 5.29. The highest BCUT2D eigenvalue weighted by molar-refractivity contribution is 5.67. The minimum atomic E-state index is -0.845. The quantitative estimate of drug-likeness (QED) is 0.879. The van der Waals surface area contributed by atoms with Gasteiger partial charge in [-0.2, -0.15) is 0 Å². The summed E-state index contributed by atoms with van der Waals surface area (Å²) in [5.41, 5.74) is 2.03. The van der Waals surface area contributed by atoms with Crippen molar-refractivity contribution < 1.29 is 19.4 Å². The number of carbonyl (C=O) groups is 1. The van der Waals surface area contributed by atoms with Gasteiger partial charge < -0.3 is 15.1 Å². The van der Waals surface area contributed by atoms with Crippen molar-refractivity contribution in [2.75, 3.05) is 31.1 Å². The fourth-order valence-corrected chi connectivity index (χ4v) is 4.06. The summed E-state index contributed by atoms with van der Waals surface area (Å²) in [6.45, 7) is 4.95. The molecular formula is C18H25FN2O3. The van der Waals surface area contributed by atoms with Crippen LogP contribution in [0.1, 0.15) is 24.8 Å². The zero-order valence-corrected chi connectivity index (χ0v) is 14.0. The lowest BCUT2D eigenvalue weighted by molar-refractivity contribution is -0.138. The van der Waals surface area contributed by atoms with Gasteiger partial charge >= 0.3 is 5.97 Å². The van der Waals surface area contributed by atoms with Gasteiger partial charge in [0, 0.05) is 43.8 Å². The molecule has 2 fully saturated rings. The molecule has 132 valence electrons. The van der Waals surface area contributed by atoms with Crippen LogP contribution < -0.4 is 4.90 Å². The number of likely N-dealkylation sites (tertiary alicyclic amines) is 1. The van der Waals surface area contributed by atoms with Crippen LogP contribution in [0.2, 0.25) is 0 Å². The Morgan fingerprint density at radius 2 is 2.00 bits per heavy atom. The molecule has 0 radical (unpaired) electrons. The second-order valence-corrected chi connectivity index (χ2v) is 7.03. The Bertz CT molecular complexity index is 602. The topological polar surface area (TPSA) is 64.0 Å². The monoisotopic (exact) mass is 336 g/mol. The molecule has 2 aliphatic rings. The number of aliphatic hydroxyl groups is 1. The predicted molar refractivity (Wildman–Crippen MR) is 89.7 cm³/mol. The summed E-state index contributed by atoms with van der Waals surface area (Å²) < 4.78 is 13.3.